The lowest BCUT2D eigenvalue weighted by molar-refractivity contribution is -0.142. The smallest absolute Gasteiger partial charge is 0.257 e. The van der Waals surface area contributed by atoms with Gasteiger partial charge < -0.3 is 14.1 Å². The predicted molar refractivity (Wildman–Crippen MR) is 103 cm³/mol. The summed E-state index contributed by atoms with van der Waals surface area (Å²) in [4.78, 5) is 19.0. The minimum absolute atomic E-state index is 0.145. The van der Waals surface area contributed by atoms with Crippen molar-refractivity contribution in [2.24, 2.45) is 0 Å². The highest BCUT2D eigenvalue weighted by atomic mass is 32.1. The molecule has 2 aromatic heterocycles. The van der Waals surface area contributed by atoms with Crippen LogP contribution in [0.2, 0.25) is 0 Å². The Bertz CT molecular complexity index is 789. The second kappa shape index (κ2) is 8.08. The van der Waals surface area contributed by atoms with Gasteiger partial charge in [0.1, 0.15) is 6.10 Å². The number of hydrogen-bond acceptors (Lipinski definition) is 7. The van der Waals surface area contributed by atoms with Gasteiger partial charge in [-0.15, -0.1) is 21.5 Å². The van der Waals surface area contributed by atoms with E-state index in [0.717, 1.165) is 50.3 Å². The lowest BCUT2D eigenvalue weighted by Gasteiger charge is -2.35. The molecule has 0 spiro atoms. The largest absolute Gasteiger partial charge is 0.419 e. The summed E-state index contributed by atoms with van der Waals surface area (Å²) < 4.78 is 11.4. The van der Waals surface area contributed by atoms with Crippen molar-refractivity contribution in [1.29, 1.82) is 0 Å². The molecule has 1 amide bonds. The van der Waals surface area contributed by atoms with E-state index >= 15 is 0 Å². The first-order chi connectivity index (χ1) is 13.1. The SMILES string of the molecule is CCc1sc(-c2nnc(CN3CCN(C(=O)C4CCCO4)CC3)o2)cc1C. The minimum Gasteiger partial charge on any atom is -0.419 e. The van der Waals surface area contributed by atoms with E-state index in [9.17, 15) is 4.79 Å². The molecule has 27 heavy (non-hydrogen) atoms. The maximum absolute atomic E-state index is 12.4. The third-order valence-electron chi connectivity index (χ3n) is 5.27. The molecule has 4 heterocycles. The Morgan fingerprint density at radius 3 is 2.78 bits per heavy atom. The monoisotopic (exact) mass is 390 g/mol. The number of aryl methyl sites for hydroxylation is 2. The molecule has 4 rings (SSSR count). The molecule has 0 aliphatic carbocycles. The minimum atomic E-state index is -0.225. The van der Waals surface area contributed by atoms with Gasteiger partial charge in [-0.3, -0.25) is 9.69 Å². The van der Waals surface area contributed by atoms with Gasteiger partial charge in [0.2, 0.25) is 5.89 Å². The van der Waals surface area contributed by atoms with Gasteiger partial charge in [0.15, 0.2) is 0 Å². The number of hydrogen-bond donors (Lipinski definition) is 0. The average Bonchev–Trinajstić information content (AvgIpc) is 3.42. The number of thiophene rings is 1. The fourth-order valence-corrected chi connectivity index (χ4v) is 4.72. The van der Waals surface area contributed by atoms with Crippen molar-refractivity contribution in [3.8, 4) is 10.8 Å². The van der Waals surface area contributed by atoms with Crippen LogP contribution in [0.3, 0.4) is 0 Å². The molecule has 2 aromatic rings. The fourth-order valence-electron chi connectivity index (χ4n) is 3.69. The van der Waals surface area contributed by atoms with Crippen molar-refractivity contribution in [2.75, 3.05) is 32.8 Å². The Morgan fingerprint density at radius 1 is 1.30 bits per heavy atom. The molecule has 7 nitrogen and oxygen atoms in total. The second-order valence-corrected chi connectivity index (χ2v) is 8.31. The number of aromatic nitrogens is 2. The summed E-state index contributed by atoms with van der Waals surface area (Å²) in [7, 11) is 0. The van der Waals surface area contributed by atoms with Crippen molar-refractivity contribution in [3.05, 3.63) is 22.4 Å². The van der Waals surface area contributed by atoms with Crippen molar-refractivity contribution in [1.82, 2.24) is 20.0 Å². The summed E-state index contributed by atoms with van der Waals surface area (Å²) in [6.07, 6.45) is 2.63. The van der Waals surface area contributed by atoms with E-state index in [1.807, 2.05) is 4.90 Å². The van der Waals surface area contributed by atoms with Gasteiger partial charge in [0.25, 0.3) is 11.8 Å². The molecule has 2 fully saturated rings. The molecule has 0 bridgehead atoms. The number of carbonyl (C=O) groups is 1. The third-order valence-corrected chi connectivity index (χ3v) is 6.64. The van der Waals surface area contributed by atoms with E-state index in [-0.39, 0.29) is 12.0 Å². The Kier molecular flexibility index (Phi) is 5.56. The van der Waals surface area contributed by atoms with Crippen LogP contribution in [0.4, 0.5) is 0 Å². The first-order valence-electron chi connectivity index (χ1n) is 9.69. The maximum atomic E-state index is 12.4. The Hall–Kier alpha value is -1.77. The van der Waals surface area contributed by atoms with Gasteiger partial charge in [-0.05, 0) is 37.8 Å². The topological polar surface area (TPSA) is 71.7 Å². The summed E-state index contributed by atoms with van der Waals surface area (Å²) in [6, 6.07) is 2.12. The van der Waals surface area contributed by atoms with Crippen LogP contribution in [0.25, 0.3) is 10.8 Å². The molecule has 0 N–H and O–H groups in total. The Labute approximate surface area is 163 Å². The molecule has 1 unspecified atom stereocenters. The molecule has 0 saturated carbocycles. The zero-order valence-electron chi connectivity index (χ0n) is 15.9. The quantitative estimate of drug-likeness (QED) is 0.781. The first-order valence-corrected chi connectivity index (χ1v) is 10.5. The summed E-state index contributed by atoms with van der Waals surface area (Å²) in [5.74, 6) is 1.38. The molecule has 1 atom stereocenters. The van der Waals surface area contributed by atoms with Gasteiger partial charge in [-0.2, -0.15) is 0 Å². The van der Waals surface area contributed by atoms with Crippen LogP contribution in [0.15, 0.2) is 10.5 Å². The standard InChI is InChI=1S/C19H26N4O3S/c1-3-15-13(2)11-16(27-15)18-21-20-17(26-18)12-22-6-8-23(9-7-22)19(24)14-5-4-10-25-14/h11,14H,3-10,12H2,1-2H3. The van der Waals surface area contributed by atoms with E-state index in [4.69, 9.17) is 9.15 Å². The zero-order chi connectivity index (χ0) is 18.8. The molecule has 2 aliphatic rings. The lowest BCUT2D eigenvalue weighted by atomic mass is 10.2. The van der Waals surface area contributed by atoms with Gasteiger partial charge in [-0.1, -0.05) is 6.92 Å². The van der Waals surface area contributed by atoms with Crippen molar-refractivity contribution >= 4 is 17.2 Å². The van der Waals surface area contributed by atoms with Crippen LogP contribution >= 0.6 is 11.3 Å². The first kappa shape index (κ1) is 18.6. The predicted octanol–water partition coefficient (Wildman–Crippen LogP) is 2.49. The third kappa shape index (κ3) is 4.07. The summed E-state index contributed by atoms with van der Waals surface area (Å²) in [5, 5.41) is 8.44. The van der Waals surface area contributed by atoms with Crippen molar-refractivity contribution in [3.63, 3.8) is 0 Å². The second-order valence-electron chi connectivity index (χ2n) is 7.17. The summed E-state index contributed by atoms with van der Waals surface area (Å²) in [5.41, 5.74) is 1.28. The normalized spacial score (nSPS) is 21.1. The number of piperazine rings is 1. The van der Waals surface area contributed by atoms with Crippen LogP contribution in [-0.4, -0.2) is 64.8 Å². The molecular weight excluding hydrogens is 364 g/mol. The number of ether oxygens (including phenoxy) is 1. The number of carbonyl (C=O) groups excluding carboxylic acids is 1. The molecule has 0 aromatic carbocycles. The number of nitrogens with zero attached hydrogens (tertiary/aromatic N) is 4. The highest BCUT2D eigenvalue weighted by Gasteiger charge is 2.30. The Morgan fingerprint density at radius 2 is 2.11 bits per heavy atom. The van der Waals surface area contributed by atoms with Gasteiger partial charge in [-0.25, -0.2) is 0 Å². The highest BCUT2D eigenvalue weighted by Crippen LogP contribution is 2.30. The lowest BCUT2D eigenvalue weighted by Crippen LogP contribution is -2.51. The van der Waals surface area contributed by atoms with Gasteiger partial charge in [0.05, 0.1) is 11.4 Å². The van der Waals surface area contributed by atoms with Crippen LogP contribution in [0.1, 0.15) is 36.1 Å². The van der Waals surface area contributed by atoms with E-state index < -0.39 is 0 Å². The van der Waals surface area contributed by atoms with Gasteiger partial charge >= 0.3 is 0 Å². The molecule has 2 aliphatic heterocycles. The molecular formula is C19H26N4O3S. The van der Waals surface area contributed by atoms with E-state index in [1.165, 1.54) is 10.4 Å². The molecule has 2 saturated heterocycles. The highest BCUT2D eigenvalue weighted by molar-refractivity contribution is 7.15. The van der Waals surface area contributed by atoms with Crippen molar-refractivity contribution < 1.29 is 13.9 Å². The molecule has 146 valence electrons. The van der Waals surface area contributed by atoms with Gasteiger partial charge in [0, 0.05) is 37.7 Å². The number of rotatable bonds is 5. The molecule has 8 heteroatoms. The summed E-state index contributed by atoms with van der Waals surface area (Å²) >= 11 is 1.72. The zero-order valence-corrected chi connectivity index (χ0v) is 16.8. The fraction of sp³-hybridized carbons (Fsp3) is 0.632. The van der Waals surface area contributed by atoms with E-state index in [2.05, 4.69) is 35.0 Å². The van der Waals surface area contributed by atoms with E-state index in [0.29, 0.717) is 24.9 Å². The van der Waals surface area contributed by atoms with Crippen molar-refractivity contribution in [2.45, 2.75) is 45.8 Å². The molecule has 0 radical (unpaired) electrons. The summed E-state index contributed by atoms with van der Waals surface area (Å²) in [6.45, 7) is 8.69. The maximum Gasteiger partial charge on any atom is 0.257 e. The van der Waals surface area contributed by atoms with Crippen LogP contribution < -0.4 is 0 Å². The van der Waals surface area contributed by atoms with E-state index in [1.54, 1.807) is 11.3 Å². The van der Waals surface area contributed by atoms with Crippen LogP contribution in [0, 0.1) is 6.92 Å². The van der Waals surface area contributed by atoms with Crippen LogP contribution in [-0.2, 0) is 22.5 Å². The average molecular weight is 391 g/mol. The van der Waals surface area contributed by atoms with Crippen LogP contribution in [0.5, 0.6) is 0 Å². The Balaban J connectivity index is 1.31. The number of amides is 1.